The molecule has 1 heterocycles. The van der Waals surface area contributed by atoms with E-state index in [0.717, 1.165) is 17.9 Å². The van der Waals surface area contributed by atoms with Crippen LogP contribution >= 0.6 is 0 Å². The molecule has 5 nitrogen and oxygen atoms in total. The lowest BCUT2D eigenvalue weighted by molar-refractivity contribution is 0.0947. The molecule has 0 unspecified atom stereocenters. The normalized spacial score (nSPS) is 10.5. The van der Waals surface area contributed by atoms with Crippen LogP contribution in [0.2, 0.25) is 0 Å². The summed E-state index contributed by atoms with van der Waals surface area (Å²) in [6, 6.07) is 13.7. The fourth-order valence-electron chi connectivity index (χ4n) is 2.80. The number of amides is 1. The van der Waals surface area contributed by atoms with Crippen molar-refractivity contribution in [2.75, 3.05) is 13.2 Å². The van der Waals surface area contributed by atoms with E-state index in [9.17, 15) is 4.79 Å². The molecule has 1 aromatic heterocycles. The van der Waals surface area contributed by atoms with Gasteiger partial charge in [-0.25, -0.2) is 4.98 Å². The first-order chi connectivity index (χ1) is 12.6. The highest BCUT2D eigenvalue weighted by Crippen LogP contribution is 2.15. The van der Waals surface area contributed by atoms with Crippen LogP contribution in [0.1, 0.15) is 27.0 Å². The van der Waals surface area contributed by atoms with Gasteiger partial charge >= 0.3 is 0 Å². The number of hydrogen-bond acceptors (Lipinski definition) is 3. The first-order valence-electron chi connectivity index (χ1n) is 8.64. The highest BCUT2D eigenvalue weighted by molar-refractivity contribution is 5.94. The van der Waals surface area contributed by atoms with Gasteiger partial charge in [-0.1, -0.05) is 18.2 Å². The summed E-state index contributed by atoms with van der Waals surface area (Å²) < 4.78 is 7.69. The largest absolute Gasteiger partial charge is 0.492 e. The summed E-state index contributed by atoms with van der Waals surface area (Å²) in [4.78, 5) is 16.2. The van der Waals surface area contributed by atoms with Crippen LogP contribution in [0.5, 0.6) is 5.75 Å². The molecule has 0 saturated carbocycles. The molecule has 3 rings (SSSR count). The van der Waals surface area contributed by atoms with E-state index in [-0.39, 0.29) is 5.91 Å². The van der Waals surface area contributed by atoms with Crippen molar-refractivity contribution in [2.24, 2.45) is 0 Å². The van der Waals surface area contributed by atoms with Crippen LogP contribution in [0.15, 0.2) is 61.2 Å². The highest BCUT2D eigenvalue weighted by atomic mass is 16.5. The van der Waals surface area contributed by atoms with Gasteiger partial charge in [0.25, 0.3) is 5.91 Å². The van der Waals surface area contributed by atoms with E-state index in [4.69, 9.17) is 4.74 Å². The Morgan fingerprint density at radius 2 is 1.85 bits per heavy atom. The zero-order valence-corrected chi connectivity index (χ0v) is 15.1. The van der Waals surface area contributed by atoms with Gasteiger partial charge in [-0.15, -0.1) is 0 Å². The molecule has 0 radical (unpaired) electrons. The number of carbonyl (C=O) groups is 1. The van der Waals surface area contributed by atoms with Crippen molar-refractivity contribution in [3.63, 3.8) is 0 Å². The molecule has 3 aromatic rings. The third kappa shape index (κ3) is 4.96. The van der Waals surface area contributed by atoms with Gasteiger partial charge in [0.05, 0.1) is 12.9 Å². The number of aromatic nitrogens is 2. The Balaban J connectivity index is 1.45. The molecule has 0 aliphatic heterocycles. The van der Waals surface area contributed by atoms with Crippen molar-refractivity contribution in [1.82, 2.24) is 14.9 Å². The second-order valence-electron chi connectivity index (χ2n) is 6.36. The third-order valence-corrected chi connectivity index (χ3v) is 3.99. The average molecular weight is 349 g/mol. The zero-order chi connectivity index (χ0) is 18.4. The minimum Gasteiger partial charge on any atom is -0.492 e. The molecule has 2 aromatic carbocycles. The van der Waals surface area contributed by atoms with Crippen LogP contribution in [0.4, 0.5) is 0 Å². The standard InChI is InChI=1S/C21H23N3O2/c1-16-11-17(2)13-20(12-16)26-10-8-23-21(25)19-5-3-18(4-6-19)14-24-9-7-22-15-24/h3-7,9,11-13,15H,8,10,14H2,1-2H3,(H,23,25). The fourth-order valence-corrected chi connectivity index (χ4v) is 2.80. The lowest BCUT2D eigenvalue weighted by Crippen LogP contribution is -2.28. The molecule has 0 aliphatic carbocycles. The maximum Gasteiger partial charge on any atom is 0.251 e. The van der Waals surface area contributed by atoms with Crippen molar-refractivity contribution >= 4 is 5.91 Å². The molecule has 0 atom stereocenters. The Kier molecular flexibility index (Phi) is 5.69. The second-order valence-corrected chi connectivity index (χ2v) is 6.36. The summed E-state index contributed by atoms with van der Waals surface area (Å²) in [6.07, 6.45) is 5.44. The van der Waals surface area contributed by atoms with Gasteiger partial charge in [0.1, 0.15) is 12.4 Å². The maximum atomic E-state index is 12.2. The van der Waals surface area contributed by atoms with E-state index in [2.05, 4.69) is 16.4 Å². The van der Waals surface area contributed by atoms with Gasteiger partial charge in [-0.05, 0) is 54.8 Å². The second kappa shape index (κ2) is 8.34. The van der Waals surface area contributed by atoms with Crippen LogP contribution in [0, 0.1) is 13.8 Å². The smallest absolute Gasteiger partial charge is 0.251 e. The fraction of sp³-hybridized carbons (Fsp3) is 0.238. The van der Waals surface area contributed by atoms with Crippen LogP contribution in [0.25, 0.3) is 0 Å². The van der Waals surface area contributed by atoms with E-state index < -0.39 is 0 Å². The number of imidazole rings is 1. The number of aryl methyl sites for hydroxylation is 2. The summed E-state index contributed by atoms with van der Waals surface area (Å²) in [7, 11) is 0. The van der Waals surface area contributed by atoms with Crippen molar-refractivity contribution in [2.45, 2.75) is 20.4 Å². The van der Waals surface area contributed by atoms with Gasteiger partial charge in [0.2, 0.25) is 0 Å². The number of nitrogens with zero attached hydrogens (tertiary/aromatic N) is 2. The molecule has 0 aliphatic rings. The third-order valence-electron chi connectivity index (χ3n) is 3.99. The summed E-state index contributed by atoms with van der Waals surface area (Å²) >= 11 is 0. The Bertz CT molecular complexity index is 835. The topological polar surface area (TPSA) is 56.1 Å². The number of ether oxygens (including phenoxy) is 1. The van der Waals surface area contributed by atoms with Crippen molar-refractivity contribution in [3.8, 4) is 5.75 Å². The molecule has 134 valence electrons. The predicted octanol–water partition coefficient (Wildman–Crippen LogP) is 3.36. The van der Waals surface area contributed by atoms with E-state index in [1.165, 1.54) is 11.1 Å². The van der Waals surface area contributed by atoms with Crippen LogP contribution in [0.3, 0.4) is 0 Å². The summed E-state index contributed by atoms with van der Waals surface area (Å²) in [5.74, 6) is 0.740. The molecule has 1 N–H and O–H groups in total. The number of hydrogen-bond donors (Lipinski definition) is 1. The molecular formula is C21H23N3O2. The van der Waals surface area contributed by atoms with E-state index in [1.807, 2.05) is 61.0 Å². The minimum absolute atomic E-state index is 0.0943. The molecule has 5 heteroatoms. The Morgan fingerprint density at radius 1 is 1.12 bits per heavy atom. The van der Waals surface area contributed by atoms with Crippen molar-refractivity contribution in [1.29, 1.82) is 0 Å². The Hall–Kier alpha value is -3.08. The molecule has 26 heavy (non-hydrogen) atoms. The lowest BCUT2D eigenvalue weighted by Gasteiger charge is -2.10. The van der Waals surface area contributed by atoms with Gasteiger partial charge in [-0.3, -0.25) is 4.79 Å². The highest BCUT2D eigenvalue weighted by Gasteiger charge is 2.05. The van der Waals surface area contributed by atoms with E-state index in [1.54, 1.807) is 12.5 Å². The number of rotatable bonds is 7. The number of nitrogens with one attached hydrogen (secondary N) is 1. The van der Waals surface area contributed by atoms with Gasteiger partial charge in [0.15, 0.2) is 0 Å². The van der Waals surface area contributed by atoms with E-state index >= 15 is 0 Å². The quantitative estimate of drug-likeness (QED) is 0.666. The Labute approximate surface area is 153 Å². The van der Waals surface area contributed by atoms with Crippen LogP contribution in [-0.2, 0) is 6.54 Å². The predicted molar refractivity (Wildman–Crippen MR) is 102 cm³/mol. The van der Waals surface area contributed by atoms with Crippen molar-refractivity contribution < 1.29 is 9.53 Å². The molecule has 0 saturated heterocycles. The monoisotopic (exact) mass is 349 g/mol. The lowest BCUT2D eigenvalue weighted by atomic mass is 10.1. The zero-order valence-electron chi connectivity index (χ0n) is 15.1. The summed E-state index contributed by atoms with van der Waals surface area (Å²) in [5, 5.41) is 2.88. The molecule has 0 fully saturated rings. The summed E-state index contributed by atoms with van der Waals surface area (Å²) in [5.41, 5.74) is 4.10. The Morgan fingerprint density at radius 3 is 2.50 bits per heavy atom. The first-order valence-corrected chi connectivity index (χ1v) is 8.64. The number of carbonyl (C=O) groups excluding carboxylic acids is 1. The summed E-state index contributed by atoms with van der Waals surface area (Å²) in [6.45, 7) is 5.72. The van der Waals surface area contributed by atoms with E-state index in [0.29, 0.717) is 18.7 Å². The molecule has 1 amide bonds. The SMILES string of the molecule is Cc1cc(C)cc(OCCNC(=O)c2ccc(Cn3ccnc3)cc2)c1. The van der Waals surface area contributed by atoms with Gasteiger partial charge in [-0.2, -0.15) is 0 Å². The van der Waals surface area contributed by atoms with Gasteiger partial charge < -0.3 is 14.6 Å². The minimum atomic E-state index is -0.0943. The number of benzene rings is 2. The van der Waals surface area contributed by atoms with Crippen molar-refractivity contribution in [3.05, 3.63) is 83.4 Å². The van der Waals surface area contributed by atoms with Crippen LogP contribution < -0.4 is 10.1 Å². The van der Waals surface area contributed by atoms with Gasteiger partial charge in [0, 0.05) is 24.5 Å². The molecule has 0 spiro atoms. The maximum absolute atomic E-state index is 12.2. The average Bonchev–Trinajstić information content (AvgIpc) is 3.11. The molecular weight excluding hydrogens is 326 g/mol. The molecule has 0 bridgehead atoms. The first kappa shape index (κ1) is 17.7. The van der Waals surface area contributed by atoms with Crippen LogP contribution in [-0.4, -0.2) is 28.6 Å².